The SMILES string of the molecule is COc1cc(-c2ccccc2F)ccc1OCCNCC(O)c1ccc(O)c(NS(C)(=O)=O)c1. The Hall–Kier alpha value is -3.34. The van der Waals surface area contributed by atoms with E-state index < -0.39 is 16.1 Å². The number of phenolic OH excluding ortho intramolecular Hbond substituents is 1. The number of benzene rings is 3. The summed E-state index contributed by atoms with van der Waals surface area (Å²) in [5, 5.41) is 23.2. The lowest BCUT2D eigenvalue weighted by Crippen LogP contribution is -2.26. The number of rotatable bonds is 11. The monoisotopic (exact) mass is 490 g/mol. The maximum absolute atomic E-state index is 14.1. The van der Waals surface area contributed by atoms with Crippen LogP contribution in [0.3, 0.4) is 0 Å². The molecule has 182 valence electrons. The molecule has 1 atom stereocenters. The number of halogens is 1. The van der Waals surface area contributed by atoms with Gasteiger partial charge in [-0.25, -0.2) is 12.8 Å². The zero-order valence-electron chi connectivity index (χ0n) is 18.8. The first kappa shape index (κ1) is 25.3. The van der Waals surface area contributed by atoms with Gasteiger partial charge in [-0.3, -0.25) is 4.72 Å². The molecule has 34 heavy (non-hydrogen) atoms. The van der Waals surface area contributed by atoms with E-state index in [0.717, 1.165) is 6.26 Å². The van der Waals surface area contributed by atoms with Crippen molar-refractivity contribution in [1.29, 1.82) is 0 Å². The summed E-state index contributed by atoms with van der Waals surface area (Å²) in [5.74, 6) is 0.405. The number of nitrogens with one attached hydrogen (secondary N) is 2. The normalized spacial score (nSPS) is 12.2. The Labute approximate surface area is 198 Å². The molecule has 0 heterocycles. The molecule has 3 aromatic rings. The number of methoxy groups -OCH3 is 1. The van der Waals surface area contributed by atoms with Gasteiger partial charge in [-0.05, 0) is 41.5 Å². The molecule has 0 saturated carbocycles. The molecule has 3 rings (SSSR count). The van der Waals surface area contributed by atoms with Crippen LogP contribution in [0.4, 0.5) is 10.1 Å². The summed E-state index contributed by atoms with van der Waals surface area (Å²) in [4.78, 5) is 0. The van der Waals surface area contributed by atoms with Crippen LogP contribution in [-0.4, -0.2) is 51.7 Å². The van der Waals surface area contributed by atoms with Crippen LogP contribution >= 0.6 is 0 Å². The maximum atomic E-state index is 14.1. The maximum Gasteiger partial charge on any atom is 0.229 e. The van der Waals surface area contributed by atoms with Gasteiger partial charge in [0.25, 0.3) is 0 Å². The van der Waals surface area contributed by atoms with Crippen LogP contribution in [0.25, 0.3) is 11.1 Å². The van der Waals surface area contributed by atoms with Crippen LogP contribution in [0, 0.1) is 5.82 Å². The molecule has 1 unspecified atom stereocenters. The topological polar surface area (TPSA) is 117 Å². The van der Waals surface area contributed by atoms with Gasteiger partial charge < -0.3 is 25.0 Å². The summed E-state index contributed by atoms with van der Waals surface area (Å²) in [6.07, 6.45) is 0.0369. The highest BCUT2D eigenvalue weighted by Crippen LogP contribution is 2.33. The quantitative estimate of drug-likeness (QED) is 0.241. The van der Waals surface area contributed by atoms with E-state index in [1.807, 2.05) is 0 Å². The van der Waals surface area contributed by atoms with Gasteiger partial charge in [0.05, 0.1) is 25.2 Å². The van der Waals surface area contributed by atoms with Crippen LogP contribution in [0.5, 0.6) is 17.2 Å². The molecule has 10 heteroatoms. The molecule has 0 aliphatic rings. The predicted molar refractivity (Wildman–Crippen MR) is 128 cm³/mol. The average molecular weight is 491 g/mol. The Balaban J connectivity index is 1.53. The summed E-state index contributed by atoms with van der Waals surface area (Å²) in [6.45, 7) is 0.857. The van der Waals surface area contributed by atoms with Gasteiger partial charge in [0.15, 0.2) is 11.5 Å². The number of anilines is 1. The number of phenols is 1. The minimum atomic E-state index is -3.57. The summed E-state index contributed by atoms with van der Waals surface area (Å²) in [7, 11) is -2.07. The first-order chi connectivity index (χ1) is 16.2. The number of aliphatic hydroxyl groups is 1. The minimum absolute atomic E-state index is 0.00620. The number of hydrogen-bond acceptors (Lipinski definition) is 7. The molecule has 0 saturated heterocycles. The van der Waals surface area contributed by atoms with E-state index in [9.17, 15) is 23.0 Å². The number of hydrogen-bond donors (Lipinski definition) is 4. The largest absolute Gasteiger partial charge is 0.506 e. The van der Waals surface area contributed by atoms with E-state index >= 15 is 0 Å². The van der Waals surface area contributed by atoms with Crippen LogP contribution in [0.2, 0.25) is 0 Å². The summed E-state index contributed by atoms with van der Waals surface area (Å²) < 4.78 is 50.2. The van der Waals surface area contributed by atoms with Crippen molar-refractivity contribution in [3.8, 4) is 28.4 Å². The molecule has 4 N–H and O–H groups in total. The van der Waals surface area contributed by atoms with Crippen molar-refractivity contribution in [3.63, 3.8) is 0 Å². The van der Waals surface area contributed by atoms with Gasteiger partial charge in [0.2, 0.25) is 10.0 Å². The third-order valence-electron chi connectivity index (χ3n) is 4.92. The highest BCUT2D eigenvalue weighted by molar-refractivity contribution is 7.92. The zero-order valence-corrected chi connectivity index (χ0v) is 19.6. The Kier molecular flexibility index (Phi) is 8.32. The lowest BCUT2D eigenvalue weighted by molar-refractivity contribution is 0.171. The molecule has 0 fully saturated rings. The van der Waals surface area contributed by atoms with Crippen LogP contribution in [-0.2, 0) is 10.0 Å². The minimum Gasteiger partial charge on any atom is -0.506 e. The Morgan fingerprint density at radius 3 is 2.53 bits per heavy atom. The Bertz CT molecular complexity index is 1240. The first-order valence-electron chi connectivity index (χ1n) is 10.4. The number of ether oxygens (including phenoxy) is 2. The fourth-order valence-electron chi connectivity index (χ4n) is 3.28. The molecular formula is C24H27FN2O6S. The number of sulfonamides is 1. The predicted octanol–water partition coefficient (Wildman–Crippen LogP) is 3.28. The summed E-state index contributed by atoms with van der Waals surface area (Å²) >= 11 is 0. The molecule has 0 aliphatic heterocycles. The van der Waals surface area contributed by atoms with Crippen molar-refractivity contribution in [1.82, 2.24) is 5.32 Å². The van der Waals surface area contributed by atoms with Gasteiger partial charge in [-0.1, -0.05) is 30.3 Å². The fraction of sp³-hybridized carbons (Fsp3) is 0.250. The highest BCUT2D eigenvalue weighted by Gasteiger charge is 2.13. The van der Waals surface area contributed by atoms with E-state index in [-0.39, 0.29) is 30.4 Å². The molecule has 0 radical (unpaired) electrons. The Morgan fingerprint density at radius 1 is 1.06 bits per heavy atom. The lowest BCUT2D eigenvalue weighted by atomic mass is 10.0. The van der Waals surface area contributed by atoms with Gasteiger partial charge in [-0.15, -0.1) is 0 Å². The molecule has 8 nitrogen and oxygen atoms in total. The van der Waals surface area contributed by atoms with Crippen LogP contribution < -0.4 is 19.5 Å². The van der Waals surface area contributed by atoms with Crippen molar-refractivity contribution in [3.05, 3.63) is 72.0 Å². The fourth-order valence-corrected chi connectivity index (χ4v) is 3.84. The van der Waals surface area contributed by atoms with E-state index in [1.165, 1.54) is 31.4 Å². The van der Waals surface area contributed by atoms with E-state index in [2.05, 4.69) is 10.0 Å². The van der Waals surface area contributed by atoms with Crippen molar-refractivity contribution in [2.24, 2.45) is 0 Å². The number of aromatic hydroxyl groups is 1. The van der Waals surface area contributed by atoms with Crippen LogP contribution in [0.1, 0.15) is 11.7 Å². The summed E-state index contributed by atoms with van der Waals surface area (Å²) in [5.41, 5.74) is 1.56. The van der Waals surface area contributed by atoms with Gasteiger partial charge in [0.1, 0.15) is 18.2 Å². The van der Waals surface area contributed by atoms with Gasteiger partial charge >= 0.3 is 0 Å². The summed E-state index contributed by atoms with van der Waals surface area (Å²) in [6, 6.07) is 15.8. The molecule has 0 spiro atoms. The molecule has 3 aromatic carbocycles. The van der Waals surface area contributed by atoms with Crippen molar-refractivity contribution in [2.45, 2.75) is 6.10 Å². The van der Waals surface area contributed by atoms with Gasteiger partial charge in [-0.2, -0.15) is 0 Å². The van der Waals surface area contributed by atoms with E-state index in [4.69, 9.17) is 9.47 Å². The number of aliphatic hydroxyl groups excluding tert-OH is 1. The molecular weight excluding hydrogens is 463 g/mol. The second kappa shape index (κ2) is 11.2. The third-order valence-corrected chi connectivity index (χ3v) is 5.51. The first-order valence-corrected chi connectivity index (χ1v) is 12.3. The molecule has 0 amide bonds. The van der Waals surface area contributed by atoms with E-state index in [1.54, 1.807) is 36.4 Å². The van der Waals surface area contributed by atoms with E-state index in [0.29, 0.717) is 34.7 Å². The average Bonchev–Trinajstić information content (AvgIpc) is 2.79. The third kappa shape index (κ3) is 6.83. The molecule has 0 aromatic heterocycles. The molecule has 0 aliphatic carbocycles. The smallest absolute Gasteiger partial charge is 0.229 e. The van der Waals surface area contributed by atoms with Crippen molar-refractivity contribution in [2.75, 3.05) is 37.8 Å². The van der Waals surface area contributed by atoms with Crippen molar-refractivity contribution >= 4 is 15.7 Å². The molecule has 0 bridgehead atoms. The van der Waals surface area contributed by atoms with Crippen LogP contribution in [0.15, 0.2) is 60.7 Å². The second-order valence-corrected chi connectivity index (χ2v) is 9.31. The lowest BCUT2D eigenvalue weighted by Gasteiger charge is -2.16. The van der Waals surface area contributed by atoms with Gasteiger partial charge in [0, 0.05) is 18.7 Å². The standard InChI is InChI=1S/C24H27FN2O6S/c1-32-24-14-16(18-5-3-4-6-19(18)25)8-10-23(24)33-12-11-26-15-22(29)17-7-9-21(28)20(13-17)27-34(2,30)31/h3-10,13-14,22,26-29H,11-12,15H2,1-2H3. The van der Waals surface area contributed by atoms with Crippen molar-refractivity contribution < 1.29 is 32.5 Å². The zero-order chi connectivity index (χ0) is 24.7. The Morgan fingerprint density at radius 2 is 1.82 bits per heavy atom. The highest BCUT2D eigenvalue weighted by atomic mass is 32.2. The second-order valence-electron chi connectivity index (χ2n) is 7.56.